The summed E-state index contributed by atoms with van der Waals surface area (Å²) in [6.45, 7) is 0. The van der Waals surface area contributed by atoms with Crippen LogP contribution in [0, 0.1) is 0 Å². The van der Waals surface area contributed by atoms with Crippen LogP contribution in [0.1, 0.15) is 0 Å². The van der Waals surface area contributed by atoms with Gasteiger partial charge < -0.3 is 9.32 Å². The van der Waals surface area contributed by atoms with Crippen molar-refractivity contribution in [1.82, 2.24) is 0 Å². The smallest absolute Gasteiger partial charge is 0.135 e. The average Bonchev–Trinajstić information content (AvgIpc) is 3.65. The molecule has 11 aromatic rings. The highest BCUT2D eigenvalue weighted by Gasteiger charge is 2.19. The Morgan fingerprint density at radius 3 is 1.64 bits per heavy atom. The van der Waals surface area contributed by atoms with Crippen LogP contribution >= 0.6 is 0 Å². The summed E-state index contributed by atoms with van der Waals surface area (Å²) >= 11 is 0. The SMILES string of the molecule is c1ccc(-c2c(-c3ccc(N(c4ccc(-c5ccc6oc7ccccc7c6c5)cc4)c4cc5ccccc5c5ccccc45)cc3)ccc3ccccc23)cc1. The largest absolute Gasteiger partial charge is 0.456 e. The van der Waals surface area contributed by atoms with Gasteiger partial charge in [0.2, 0.25) is 0 Å². The predicted octanol–water partition coefficient (Wildman–Crippen LogP) is 15.5. The Kier molecular flexibility index (Phi) is 7.53. The number of nitrogens with zero attached hydrogens (tertiary/aromatic N) is 1. The molecule has 262 valence electrons. The number of rotatable bonds is 6. The second kappa shape index (κ2) is 13.2. The zero-order chi connectivity index (χ0) is 37.0. The molecule has 0 aliphatic rings. The summed E-state index contributed by atoms with van der Waals surface area (Å²) in [6.07, 6.45) is 0. The first kappa shape index (κ1) is 32.0. The van der Waals surface area contributed by atoms with E-state index in [4.69, 9.17) is 4.42 Å². The quantitative estimate of drug-likeness (QED) is 0.160. The summed E-state index contributed by atoms with van der Waals surface area (Å²) in [5.41, 5.74) is 12.3. The first-order valence-electron chi connectivity index (χ1n) is 19.2. The van der Waals surface area contributed by atoms with Gasteiger partial charge in [-0.25, -0.2) is 0 Å². The normalized spacial score (nSPS) is 11.6. The van der Waals surface area contributed by atoms with E-state index in [1.165, 1.54) is 54.6 Å². The molecule has 0 radical (unpaired) electrons. The topological polar surface area (TPSA) is 16.4 Å². The number of fused-ring (bicyclic) bond motifs is 7. The third-order valence-corrected chi connectivity index (χ3v) is 11.3. The van der Waals surface area contributed by atoms with Gasteiger partial charge in [-0.15, -0.1) is 0 Å². The van der Waals surface area contributed by atoms with Gasteiger partial charge in [-0.05, 0) is 109 Å². The van der Waals surface area contributed by atoms with Crippen molar-refractivity contribution in [3.05, 3.63) is 212 Å². The molecule has 0 saturated carbocycles. The van der Waals surface area contributed by atoms with Crippen LogP contribution in [0.3, 0.4) is 0 Å². The summed E-state index contributed by atoms with van der Waals surface area (Å²) in [5.74, 6) is 0. The molecule has 0 amide bonds. The molecule has 0 unspecified atom stereocenters. The number of anilines is 3. The second-order valence-corrected chi connectivity index (χ2v) is 14.5. The van der Waals surface area contributed by atoms with E-state index in [0.717, 1.165) is 50.1 Å². The fourth-order valence-electron chi connectivity index (χ4n) is 8.57. The first-order chi connectivity index (χ1) is 27.8. The van der Waals surface area contributed by atoms with Crippen LogP contribution in [0.4, 0.5) is 17.1 Å². The fourth-order valence-corrected chi connectivity index (χ4v) is 8.57. The lowest BCUT2D eigenvalue weighted by molar-refractivity contribution is 0.669. The highest BCUT2D eigenvalue weighted by molar-refractivity contribution is 6.15. The van der Waals surface area contributed by atoms with Gasteiger partial charge in [0, 0.05) is 27.5 Å². The molecule has 0 bridgehead atoms. The molecule has 0 fully saturated rings. The Morgan fingerprint density at radius 2 is 0.875 bits per heavy atom. The third kappa shape index (κ3) is 5.34. The van der Waals surface area contributed by atoms with Crippen molar-refractivity contribution in [1.29, 1.82) is 0 Å². The predicted molar refractivity (Wildman–Crippen MR) is 237 cm³/mol. The Labute approximate surface area is 325 Å². The molecule has 0 aliphatic heterocycles. The monoisotopic (exact) mass is 713 g/mol. The van der Waals surface area contributed by atoms with Crippen molar-refractivity contribution < 1.29 is 4.42 Å². The molecule has 10 aromatic carbocycles. The molecule has 1 aromatic heterocycles. The van der Waals surface area contributed by atoms with E-state index >= 15 is 0 Å². The van der Waals surface area contributed by atoms with E-state index in [2.05, 4.69) is 205 Å². The van der Waals surface area contributed by atoms with Gasteiger partial charge in [-0.3, -0.25) is 0 Å². The van der Waals surface area contributed by atoms with E-state index in [1.54, 1.807) is 0 Å². The number of para-hydroxylation sites is 1. The average molecular weight is 714 g/mol. The second-order valence-electron chi connectivity index (χ2n) is 14.5. The van der Waals surface area contributed by atoms with Gasteiger partial charge in [0.1, 0.15) is 11.2 Å². The van der Waals surface area contributed by atoms with Gasteiger partial charge in [0.05, 0.1) is 5.69 Å². The van der Waals surface area contributed by atoms with Gasteiger partial charge in [0.25, 0.3) is 0 Å². The Morgan fingerprint density at radius 1 is 0.304 bits per heavy atom. The van der Waals surface area contributed by atoms with E-state index in [-0.39, 0.29) is 0 Å². The Bertz CT molecular complexity index is 3230. The van der Waals surface area contributed by atoms with Crippen LogP contribution in [0.2, 0.25) is 0 Å². The number of benzene rings is 10. The van der Waals surface area contributed by atoms with Crippen LogP contribution in [0.15, 0.2) is 217 Å². The van der Waals surface area contributed by atoms with Gasteiger partial charge in [0.15, 0.2) is 0 Å². The fraction of sp³-hybridized carbons (Fsp3) is 0. The highest BCUT2D eigenvalue weighted by atomic mass is 16.3. The molecule has 0 spiro atoms. The maximum atomic E-state index is 6.14. The minimum Gasteiger partial charge on any atom is -0.456 e. The van der Waals surface area contributed by atoms with E-state index in [9.17, 15) is 0 Å². The summed E-state index contributed by atoms with van der Waals surface area (Å²) in [6, 6.07) is 76.6. The molecule has 0 aliphatic carbocycles. The van der Waals surface area contributed by atoms with Crippen molar-refractivity contribution in [3.8, 4) is 33.4 Å². The van der Waals surface area contributed by atoms with Gasteiger partial charge in [-0.2, -0.15) is 0 Å². The summed E-state index contributed by atoms with van der Waals surface area (Å²) in [7, 11) is 0. The molecule has 0 atom stereocenters. The van der Waals surface area contributed by atoms with Crippen LogP contribution in [-0.2, 0) is 0 Å². The zero-order valence-corrected chi connectivity index (χ0v) is 30.6. The third-order valence-electron chi connectivity index (χ3n) is 11.3. The molecule has 56 heavy (non-hydrogen) atoms. The molecule has 0 N–H and O–H groups in total. The van der Waals surface area contributed by atoms with Gasteiger partial charge >= 0.3 is 0 Å². The van der Waals surface area contributed by atoms with Crippen LogP contribution < -0.4 is 4.90 Å². The molecule has 0 saturated heterocycles. The highest BCUT2D eigenvalue weighted by Crippen LogP contribution is 2.44. The lowest BCUT2D eigenvalue weighted by Gasteiger charge is -2.28. The Balaban J connectivity index is 1.06. The number of furan rings is 1. The molecule has 2 heteroatoms. The minimum atomic E-state index is 0.906. The standard InChI is InChI=1S/C54H35NO/c1-2-13-39(14-3-1)54-45-17-7-4-12-37(45)26-32-46(54)38-24-30-43(31-25-38)55(51-35-41-15-5-6-16-44(41)47-18-8-9-19-48(47)51)42-28-22-36(23-29-42)40-27-33-53-50(34-40)49-20-10-11-21-52(49)56-53/h1-35H. The molecule has 11 rings (SSSR count). The van der Waals surface area contributed by atoms with Crippen LogP contribution in [0.5, 0.6) is 0 Å². The van der Waals surface area contributed by atoms with Crippen molar-refractivity contribution in [2.45, 2.75) is 0 Å². The number of hydrogen-bond acceptors (Lipinski definition) is 2. The molecular formula is C54H35NO. The zero-order valence-electron chi connectivity index (χ0n) is 30.6. The van der Waals surface area contributed by atoms with Gasteiger partial charge in [-0.1, -0.05) is 164 Å². The van der Waals surface area contributed by atoms with E-state index < -0.39 is 0 Å². The molecule has 1 heterocycles. The lowest BCUT2D eigenvalue weighted by Crippen LogP contribution is -2.10. The number of hydrogen-bond donors (Lipinski definition) is 0. The molecular weight excluding hydrogens is 679 g/mol. The van der Waals surface area contributed by atoms with Crippen molar-refractivity contribution >= 4 is 71.3 Å². The minimum absolute atomic E-state index is 0.906. The van der Waals surface area contributed by atoms with Crippen LogP contribution in [0.25, 0.3) is 87.6 Å². The van der Waals surface area contributed by atoms with Crippen molar-refractivity contribution in [3.63, 3.8) is 0 Å². The van der Waals surface area contributed by atoms with E-state index in [0.29, 0.717) is 0 Å². The maximum absolute atomic E-state index is 6.14. The summed E-state index contributed by atoms with van der Waals surface area (Å²) in [4.78, 5) is 2.41. The first-order valence-corrected chi connectivity index (χ1v) is 19.2. The Hall–Kier alpha value is -7.42. The maximum Gasteiger partial charge on any atom is 0.135 e. The molecule has 2 nitrogen and oxygen atoms in total. The van der Waals surface area contributed by atoms with E-state index in [1.807, 2.05) is 12.1 Å². The summed E-state index contributed by atoms with van der Waals surface area (Å²) < 4.78 is 6.14. The van der Waals surface area contributed by atoms with Crippen LogP contribution in [-0.4, -0.2) is 0 Å². The van der Waals surface area contributed by atoms with Crippen molar-refractivity contribution in [2.24, 2.45) is 0 Å². The summed E-state index contributed by atoms with van der Waals surface area (Å²) in [5, 5.41) is 9.67. The van der Waals surface area contributed by atoms with Crippen molar-refractivity contribution in [2.75, 3.05) is 4.90 Å². The lowest BCUT2D eigenvalue weighted by atomic mass is 9.89.